The van der Waals surface area contributed by atoms with E-state index in [4.69, 9.17) is 10.3 Å². The van der Waals surface area contributed by atoms with Crippen molar-refractivity contribution in [1.29, 1.82) is 0 Å². The van der Waals surface area contributed by atoms with Crippen LogP contribution in [0.4, 0.5) is 0 Å². The Bertz CT molecular complexity index is 2470. The van der Waals surface area contributed by atoms with Gasteiger partial charge in [0.2, 0.25) is 41.4 Å². The van der Waals surface area contributed by atoms with Crippen molar-refractivity contribution in [3.05, 3.63) is 102 Å². The third kappa shape index (κ3) is 17.2. The lowest BCUT2D eigenvalue weighted by Crippen LogP contribution is -2.59. The maximum atomic E-state index is 14.1. The standard InChI is InChI=1S/C43H52N8O13S2/c1-25(52)47-34(21-27-12-14-29(15-13-27)64-66(61,62)63)40(57)45-18-16-37(53)48-35(22-28-24-46-31-11-7-6-10-30(28)31)42(59)49-32(17-19-65-2)41(58)51-36(23-38(54)55)43(60)50-33(39(44)56)20-26-8-4-3-5-9-26/h3-15,24,32-36,46H,16-23H2,1-2H3,(H2,44,56)(H,45,57)(H,47,52)(H,48,53)(H,49,59)(H,50,60)(H,51,58)(H,54,55)(H,61,62,63)/t32-,33-,34-,35-,36-/m0/s1. The maximum Gasteiger partial charge on any atom is 0.446 e. The fraction of sp³-hybridized carbons (Fsp3) is 0.349. The van der Waals surface area contributed by atoms with Crippen LogP contribution in [0.2, 0.25) is 0 Å². The summed E-state index contributed by atoms with van der Waals surface area (Å²) in [6.45, 7) is 0.960. The van der Waals surface area contributed by atoms with Crippen LogP contribution in [-0.2, 0) is 68.0 Å². The van der Waals surface area contributed by atoms with Gasteiger partial charge >= 0.3 is 16.4 Å². The number of H-pyrrole nitrogens is 1. The Hall–Kier alpha value is -6.98. The van der Waals surface area contributed by atoms with Gasteiger partial charge in [0.1, 0.15) is 36.0 Å². The topological polar surface area (TPSA) is 334 Å². The van der Waals surface area contributed by atoms with E-state index >= 15 is 0 Å². The number of nitrogens with two attached hydrogens (primary N) is 1. The summed E-state index contributed by atoms with van der Waals surface area (Å²) in [6.07, 6.45) is 2.11. The molecule has 1 heterocycles. The highest BCUT2D eigenvalue weighted by Gasteiger charge is 2.33. The summed E-state index contributed by atoms with van der Waals surface area (Å²) < 4.78 is 35.3. The SMILES string of the molecule is CSCC[C@H](NC(=O)[C@H](Cc1c[nH]c2ccccc12)NC(=O)CCNC(=O)[C@H](Cc1ccc(OS(=O)(=O)O)cc1)NC(C)=O)C(=O)N[C@@H](CC(=O)O)C(=O)N[C@@H](Cc1ccccc1)C(N)=O. The fourth-order valence-electron chi connectivity index (χ4n) is 6.69. The second-order valence-electron chi connectivity index (χ2n) is 15.0. The molecule has 0 radical (unpaired) electrons. The van der Waals surface area contributed by atoms with E-state index in [0.717, 1.165) is 10.9 Å². The number of carboxylic acid groups (broad SMARTS) is 1. The van der Waals surface area contributed by atoms with Gasteiger partial charge in [0.25, 0.3) is 0 Å². The molecule has 0 bridgehead atoms. The number of fused-ring (bicyclic) bond motifs is 1. The van der Waals surface area contributed by atoms with Crippen LogP contribution in [0.15, 0.2) is 85.1 Å². The number of hydrogen-bond donors (Lipinski definition) is 10. The molecule has 3 aromatic carbocycles. The molecule has 23 heteroatoms. The van der Waals surface area contributed by atoms with Gasteiger partial charge < -0.3 is 51.9 Å². The molecule has 1 aromatic heterocycles. The smallest absolute Gasteiger partial charge is 0.446 e. The predicted octanol–water partition coefficient (Wildman–Crippen LogP) is 0.0407. The van der Waals surface area contributed by atoms with E-state index in [1.165, 1.54) is 43.0 Å². The minimum absolute atomic E-state index is 0.00716. The number of aliphatic carboxylic acids is 1. The number of carboxylic acids is 1. The normalized spacial score (nSPS) is 13.4. The quantitative estimate of drug-likeness (QED) is 0.0372. The zero-order chi connectivity index (χ0) is 48.4. The van der Waals surface area contributed by atoms with Crippen molar-refractivity contribution in [3.63, 3.8) is 0 Å². The number of thioether (sulfide) groups is 1. The number of para-hydroxylation sites is 1. The fourth-order valence-corrected chi connectivity index (χ4v) is 7.52. The van der Waals surface area contributed by atoms with Crippen molar-refractivity contribution < 1.29 is 60.6 Å². The van der Waals surface area contributed by atoms with Crippen LogP contribution in [-0.4, -0.2) is 119 Å². The van der Waals surface area contributed by atoms with Gasteiger partial charge in [0, 0.05) is 56.3 Å². The van der Waals surface area contributed by atoms with Gasteiger partial charge in [-0.15, -0.1) is 0 Å². The van der Waals surface area contributed by atoms with Crippen LogP contribution in [0.1, 0.15) is 42.9 Å². The van der Waals surface area contributed by atoms with Crippen LogP contribution < -0.4 is 41.8 Å². The molecule has 0 aliphatic heterocycles. The molecule has 0 saturated carbocycles. The van der Waals surface area contributed by atoms with Crippen LogP contribution in [0.25, 0.3) is 10.9 Å². The van der Waals surface area contributed by atoms with E-state index in [9.17, 15) is 51.9 Å². The molecule has 4 aromatic rings. The van der Waals surface area contributed by atoms with Crippen molar-refractivity contribution in [1.82, 2.24) is 36.9 Å². The molecule has 0 spiro atoms. The third-order valence-corrected chi connectivity index (χ3v) is 10.9. The van der Waals surface area contributed by atoms with Crippen LogP contribution in [0.3, 0.4) is 0 Å². The molecule has 11 N–H and O–H groups in total. The van der Waals surface area contributed by atoms with Crippen LogP contribution in [0, 0.1) is 0 Å². The summed E-state index contributed by atoms with van der Waals surface area (Å²) in [5.41, 5.74) is 8.08. The van der Waals surface area contributed by atoms with Crippen molar-refractivity contribution in [3.8, 4) is 5.75 Å². The number of hydrogen-bond acceptors (Lipinski definition) is 12. The van der Waals surface area contributed by atoms with Crippen molar-refractivity contribution in [2.45, 2.75) is 75.7 Å². The van der Waals surface area contributed by atoms with Gasteiger partial charge in [0.15, 0.2) is 0 Å². The molecule has 4 rings (SSSR count). The van der Waals surface area contributed by atoms with E-state index in [-0.39, 0.29) is 44.4 Å². The summed E-state index contributed by atoms with van der Waals surface area (Å²) in [5.74, 6) is -6.77. The Labute approximate surface area is 384 Å². The minimum Gasteiger partial charge on any atom is -0.481 e. The highest BCUT2D eigenvalue weighted by Crippen LogP contribution is 2.20. The lowest BCUT2D eigenvalue weighted by molar-refractivity contribution is -0.141. The van der Waals surface area contributed by atoms with Gasteiger partial charge in [-0.25, -0.2) is 0 Å². The number of aromatic nitrogens is 1. The van der Waals surface area contributed by atoms with E-state index < -0.39 is 94.3 Å². The second-order valence-corrected chi connectivity index (χ2v) is 17.0. The molecule has 354 valence electrons. The van der Waals surface area contributed by atoms with E-state index in [2.05, 4.69) is 41.1 Å². The lowest BCUT2D eigenvalue weighted by atomic mass is 10.0. The molecule has 0 fully saturated rings. The first kappa shape index (κ1) is 51.7. The van der Waals surface area contributed by atoms with E-state index in [1.54, 1.807) is 48.9 Å². The van der Waals surface area contributed by atoms with E-state index in [0.29, 0.717) is 22.4 Å². The van der Waals surface area contributed by atoms with Gasteiger partial charge in [-0.05, 0) is 53.3 Å². The summed E-state index contributed by atoms with van der Waals surface area (Å²) in [6, 6.07) is 14.5. The monoisotopic (exact) mass is 952 g/mol. The van der Waals surface area contributed by atoms with Gasteiger partial charge in [-0.2, -0.15) is 20.2 Å². The molecule has 7 amide bonds. The summed E-state index contributed by atoms with van der Waals surface area (Å²) in [5, 5.41) is 25.7. The molecule has 0 saturated heterocycles. The number of nitrogens with one attached hydrogen (secondary N) is 7. The Morgan fingerprint density at radius 3 is 1.92 bits per heavy atom. The number of rotatable bonds is 26. The lowest BCUT2D eigenvalue weighted by Gasteiger charge is -2.26. The minimum atomic E-state index is -4.76. The van der Waals surface area contributed by atoms with Crippen molar-refractivity contribution in [2.75, 3.05) is 18.6 Å². The third-order valence-electron chi connectivity index (χ3n) is 9.86. The Kier molecular flexibility index (Phi) is 19.5. The molecule has 0 aliphatic carbocycles. The molecular weight excluding hydrogens is 901 g/mol. The second kappa shape index (κ2) is 24.9. The van der Waals surface area contributed by atoms with Crippen LogP contribution >= 0.6 is 11.8 Å². The first-order valence-corrected chi connectivity index (χ1v) is 23.2. The first-order chi connectivity index (χ1) is 31.3. The average Bonchev–Trinajstić information content (AvgIpc) is 3.66. The zero-order valence-electron chi connectivity index (χ0n) is 35.9. The number of primary amides is 1. The molecule has 5 atom stereocenters. The summed E-state index contributed by atoms with van der Waals surface area (Å²) in [7, 11) is -4.76. The van der Waals surface area contributed by atoms with Gasteiger partial charge in [-0.1, -0.05) is 60.7 Å². The molecule has 0 unspecified atom stereocenters. The number of carbonyl (C=O) groups excluding carboxylic acids is 7. The average molecular weight is 953 g/mol. The molecule has 21 nitrogen and oxygen atoms in total. The Morgan fingerprint density at radius 1 is 0.712 bits per heavy atom. The number of carbonyl (C=O) groups is 8. The van der Waals surface area contributed by atoms with Crippen molar-refractivity contribution in [2.24, 2.45) is 5.73 Å². The summed E-state index contributed by atoms with van der Waals surface area (Å²) in [4.78, 5) is 107. The predicted molar refractivity (Wildman–Crippen MR) is 242 cm³/mol. The van der Waals surface area contributed by atoms with Gasteiger partial charge in [0.05, 0.1) is 6.42 Å². The number of benzene rings is 3. The molecule has 0 aliphatic rings. The largest absolute Gasteiger partial charge is 0.481 e. The molecule has 66 heavy (non-hydrogen) atoms. The highest BCUT2D eigenvalue weighted by atomic mass is 32.3. The Balaban J connectivity index is 1.47. The molecular formula is C43H52N8O13S2. The van der Waals surface area contributed by atoms with E-state index in [1.807, 2.05) is 18.2 Å². The highest BCUT2D eigenvalue weighted by molar-refractivity contribution is 7.98. The summed E-state index contributed by atoms with van der Waals surface area (Å²) >= 11 is 1.34. The van der Waals surface area contributed by atoms with Crippen molar-refractivity contribution >= 4 is 80.4 Å². The van der Waals surface area contributed by atoms with Gasteiger partial charge in [-0.3, -0.25) is 42.9 Å². The number of aromatic amines is 1. The Morgan fingerprint density at radius 2 is 1.29 bits per heavy atom. The maximum absolute atomic E-state index is 14.1. The first-order valence-electron chi connectivity index (χ1n) is 20.4. The van der Waals surface area contributed by atoms with Crippen LogP contribution in [0.5, 0.6) is 5.75 Å². The zero-order valence-corrected chi connectivity index (χ0v) is 37.5. The number of amides is 7.